The van der Waals surface area contributed by atoms with E-state index in [4.69, 9.17) is 0 Å². The monoisotopic (exact) mass is 450 g/mol. The van der Waals surface area contributed by atoms with Gasteiger partial charge in [-0.25, -0.2) is 17.8 Å². The molecule has 162 valence electrons. The molecule has 0 aliphatic heterocycles. The van der Waals surface area contributed by atoms with E-state index in [9.17, 15) is 17.6 Å². The predicted molar refractivity (Wildman–Crippen MR) is 120 cm³/mol. The van der Waals surface area contributed by atoms with Crippen molar-refractivity contribution in [1.29, 1.82) is 0 Å². The first-order chi connectivity index (χ1) is 15.4. The first-order valence-electron chi connectivity index (χ1n) is 10.1. The van der Waals surface area contributed by atoms with E-state index in [1.807, 2.05) is 12.1 Å². The number of sulfonamides is 1. The molecule has 2 aromatic carbocycles. The molecular formula is C23H19FN4O3S. The van der Waals surface area contributed by atoms with E-state index in [0.717, 1.165) is 41.5 Å². The van der Waals surface area contributed by atoms with E-state index in [-0.39, 0.29) is 16.7 Å². The van der Waals surface area contributed by atoms with Crippen LogP contribution < -0.4 is 10.0 Å². The third kappa shape index (κ3) is 4.06. The van der Waals surface area contributed by atoms with Gasteiger partial charge in [-0.15, -0.1) is 0 Å². The number of aromatic nitrogens is 2. The molecule has 5 rings (SSSR count). The Balaban J connectivity index is 1.42. The second-order valence-electron chi connectivity index (χ2n) is 7.70. The van der Waals surface area contributed by atoms with Crippen molar-refractivity contribution in [2.75, 3.05) is 10.0 Å². The smallest absolute Gasteiger partial charge is 0.261 e. The zero-order chi connectivity index (χ0) is 22.3. The number of hydrogen-bond acceptors (Lipinski definition) is 4. The average molecular weight is 450 g/mol. The predicted octanol–water partition coefficient (Wildman–Crippen LogP) is 4.52. The second-order valence-corrected chi connectivity index (χ2v) is 9.38. The maximum absolute atomic E-state index is 13.1. The maximum Gasteiger partial charge on any atom is 0.261 e. The fourth-order valence-corrected chi connectivity index (χ4v) is 4.52. The number of anilines is 2. The van der Waals surface area contributed by atoms with Gasteiger partial charge in [0, 0.05) is 23.2 Å². The van der Waals surface area contributed by atoms with Crippen LogP contribution in [0.2, 0.25) is 0 Å². The van der Waals surface area contributed by atoms with Crippen LogP contribution in [-0.4, -0.2) is 24.3 Å². The summed E-state index contributed by atoms with van der Waals surface area (Å²) in [5.74, 6) is -0.00439. The Hall–Kier alpha value is -3.72. The Morgan fingerprint density at radius 3 is 2.44 bits per heavy atom. The number of halogens is 1. The summed E-state index contributed by atoms with van der Waals surface area (Å²) in [7, 11) is -3.83. The van der Waals surface area contributed by atoms with Gasteiger partial charge in [-0.2, -0.15) is 0 Å². The minimum absolute atomic E-state index is 0.0258. The minimum Gasteiger partial charge on any atom is -0.346 e. The quantitative estimate of drug-likeness (QED) is 0.402. The molecule has 1 aliphatic carbocycles. The summed E-state index contributed by atoms with van der Waals surface area (Å²) in [6, 6.07) is 15.2. The Labute approximate surface area is 183 Å². The third-order valence-electron chi connectivity index (χ3n) is 5.30. The molecule has 0 spiro atoms. The Morgan fingerprint density at radius 2 is 1.75 bits per heavy atom. The molecule has 2 aromatic heterocycles. The molecule has 3 N–H and O–H groups in total. The van der Waals surface area contributed by atoms with Gasteiger partial charge < -0.3 is 10.3 Å². The molecule has 32 heavy (non-hydrogen) atoms. The molecule has 0 bridgehead atoms. The highest BCUT2D eigenvalue weighted by atomic mass is 32.2. The number of hydrogen-bond donors (Lipinski definition) is 3. The van der Waals surface area contributed by atoms with Crippen LogP contribution in [-0.2, 0) is 14.8 Å². The van der Waals surface area contributed by atoms with E-state index in [2.05, 4.69) is 20.0 Å². The van der Waals surface area contributed by atoms with Gasteiger partial charge in [0.1, 0.15) is 17.3 Å². The van der Waals surface area contributed by atoms with Crippen molar-refractivity contribution in [3.63, 3.8) is 0 Å². The van der Waals surface area contributed by atoms with Gasteiger partial charge in [-0.3, -0.25) is 9.52 Å². The van der Waals surface area contributed by atoms with Crippen LogP contribution in [0.4, 0.5) is 15.9 Å². The van der Waals surface area contributed by atoms with Crippen LogP contribution in [0.5, 0.6) is 0 Å². The molecule has 7 nitrogen and oxygen atoms in total. The van der Waals surface area contributed by atoms with Crippen LogP contribution in [0.3, 0.4) is 0 Å². The third-order valence-corrected chi connectivity index (χ3v) is 6.70. The normalized spacial score (nSPS) is 13.8. The lowest BCUT2D eigenvalue weighted by Crippen LogP contribution is -2.14. The lowest BCUT2D eigenvalue weighted by molar-refractivity contribution is -0.117. The summed E-state index contributed by atoms with van der Waals surface area (Å²) in [5, 5.41) is 3.76. The standard InChI is InChI=1S/C23H19FN4O3S/c24-16-5-9-18(10-6-16)32(30,31)28-17-7-3-14(4-8-17)20-13-21(27-23(29)15-1-2-15)26-22-19(20)11-12-25-22/h3-13,15,28H,1-2H2,(H2,25,26,27,29). The number of aromatic amines is 1. The fourth-order valence-electron chi connectivity index (χ4n) is 3.46. The molecule has 0 radical (unpaired) electrons. The number of carbonyl (C=O) groups is 1. The zero-order valence-electron chi connectivity index (χ0n) is 16.8. The van der Waals surface area contributed by atoms with Crippen LogP contribution in [0.1, 0.15) is 12.8 Å². The number of carbonyl (C=O) groups excluding carboxylic acids is 1. The number of benzene rings is 2. The lowest BCUT2D eigenvalue weighted by Gasteiger charge is -2.11. The van der Waals surface area contributed by atoms with Crippen LogP contribution in [0.25, 0.3) is 22.2 Å². The van der Waals surface area contributed by atoms with Crippen LogP contribution >= 0.6 is 0 Å². The molecule has 2 heterocycles. The molecule has 9 heteroatoms. The first-order valence-corrected chi connectivity index (χ1v) is 11.6. The van der Waals surface area contributed by atoms with Crippen molar-refractivity contribution in [1.82, 2.24) is 9.97 Å². The number of nitrogens with one attached hydrogen (secondary N) is 3. The largest absolute Gasteiger partial charge is 0.346 e. The van der Waals surface area contributed by atoms with Crippen molar-refractivity contribution in [2.45, 2.75) is 17.7 Å². The van der Waals surface area contributed by atoms with Gasteiger partial charge in [0.25, 0.3) is 10.0 Å². The Morgan fingerprint density at radius 1 is 1.03 bits per heavy atom. The van der Waals surface area contributed by atoms with E-state index in [0.29, 0.717) is 17.2 Å². The molecule has 1 saturated carbocycles. The Kier molecular flexibility index (Phi) is 4.90. The lowest BCUT2D eigenvalue weighted by atomic mass is 10.0. The van der Waals surface area contributed by atoms with E-state index < -0.39 is 15.8 Å². The molecule has 0 saturated heterocycles. The van der Waals surface area contributed by atoms with E-state index >= 15 is 0 Å². The summed E-state index contributed by atoms with van der Waals surface area (Å²) in [4.78, 5) is 19.7. The molecule has 1 fully saturated rings. The van der Waals surface area contributed by atoms with Gasteiger partial charge in [-0.1, -0.05) is 12.1 Å². The Bertz CT molecular complexity index is 1410. The van der Waals surface area contributed by atoms with Gasteiger partial charge in [0.05, 0.1) is 4.90 Å². The molecule has 1 aliphatic rings. The number of amides is 1. The molecule has 1 amide bonds. The van der Waals surface area contributed by atoms with Gasteiger partial charge in [0.2, 0.25) is 5.91 Å². The molecular weight excluding hydrogens is 431 g/mol. The maximum atomic E-state index is 13.1. The number of fused-ring (bicyclic) bond motifs is 1. The highest BCUT2D eigenvalue weighted by Gasteiger charge is 2.30. The SMILES string of the molecule is O=C(Nc1cc(-c2ccc(NS(=O)(=O)c3ccc(F)cc3)cc2)c2cc[nH]c2n1)C1CC1. The highest BCUT2D eigenvalue weighted by Crippen LogP contribution is 2.33. The second kappa shape index (κ2) is 7.76. The molecule has 4 aromatic rings. The van der Waals surface area contributed by atoms with Crippen LogP contribution in [0, 0.1) is 11.7 Å². The zero-order valence-corrected chi connectivity index (χ0v) is 17.6. The summed E-state index contributed by atoms with van der Waals surface area (Å²) in [6.45, 7) is 0. The fraction of sp³-hybridized carbons (Fsp3) is 0.130. The van der Waals surface area contributed by atoms with Crippen molar-refractivity contribution in [2.24, 2.45) is 5.92 Å². The molecule has 0 unspecified atom stereocenters. The van der Waals surface area contributed by atoms with Gasteiger partial charge in [-0.05, 0) is 72.5 Å². The average Bonchev–Trinajstić information content (AvgIpc) is 3.52. The van der Waals surface area contributed by atoms with Crippen molar-refractivity contribution < 1.29 is 17.6 Å². The number of nitrogens with zero attached hydrogens (tertiary/aromatic N) is 1. The number of rotatable bonds is 6. The van der Waals surface area contributed by atoms with Gasteiger partial charge in [0.15, 0.2) is 0 Å². The van der Waals surface area contributed by atoms with Crippen LogP contribution in [0.15, 0.2) is 71.8 Å². The molecule has 0 atom stereocenters. The number of H-pyrrole nitrogens is 1. The summed E-state index contributed by atoms with van der Waals surface area (Å²) in [5.41, 5.74) is 2.72. The van der Waals surface area contributed by atoms with E-state index in [1.54, 1.807) is 30.5 Å². The number of pyridine rings is 1. The van der Waals surface area contributed by atoms with Crippen molar-refractivity contribution in [3.8, 4) is 11.1 Å². The minimum atomic E-state index is -3.83. The van der Waals surface area contributed by atoms with Gasteiger partial charge >= 0.3 is 0 Å². The highest BCUT2D eigenvalue weighted by molar-refractivity contribution is 7.92. The van der Waals surface area contributed by atoms with Crippen molar-refractivity contribution in [3.05, 3.63) is 72.7 Å². The topological polar surface area (TPSA) is 104 Å². The summed E-state index contributed by atoms with van der Waals surface area (Å²) < 4.78 is 40.6. The van der Waals surface area contributed by atoms with Crippen molar-refractivity contribution >= 4 is 38.5 Å². The summed E-state index contributed by atoms with van der Waals surface area (Å²) in [6.07, 6.45) is 3.58. The summed E-state index contributed by atoms with van der Waals surface area (Å²) >= 11 is 0. The van der Waals surface area contributed by atoms with E-state index in [1.165, 1.54) is 12.1 Å². The first kappa shape index (κ1) is 20.2.